The lowest BCUT2D eigenvalue weighted by molar-refractivity contribution is -0.147. The van der Waals surface area contributed by atoms with Crippen molar-refractivity contribution in [3.8, 4) is 5.75 Å². The fraction of sp³-hybridized carbons (Fsp3) is 0.125. The molecule has 0 radical (unpaired) electrons. The van der Waals surface area contributed by atoms with Crippen LogP contribution in [0.2, 0.25) is 0 Å². The zero-order valence-electron chi connectivity index (χ0n) is 11.5. The van der Waals surface area contributed by atoms with Crippen molar-refractivity contribution in [2.24, 2.45) is 0 Å². The highest BCUT2D eigenvalue weighted by atomic mass is 32.1. The molecule has 0 spiro atoms. The summed E-state index contributed by atoms with van der Waals surface area (Å²) >= 11 is 1.48. The number of carbonyl (C=O) groups is 1. The van der Waals surface area contributed by atoms with E-state index in [1.807, 2.05) is 24.3 Å². The third-order valence-corrected chi connectivity index (χ3v) is 3.86. The van der Waals surface area contributed by atoms with Gasteiger partial charge in [-0.2, -0.15) is 0 Å². The number of aromatic nitrogens is 1. The second-order valence-electron chi connectivity index (χ2n) is 4.48. The van der Waals surface area contributed by atoms with Gasteiger partial charge in [-0.3, -0.25) is 0 Å². The first-order valence-corrected chi connectivity index (χ1v) is 7.41. The number of ether oxygens (including phenoxy) is 2. The number of esters is 1. The van der Waals surface area contributed by atoms with Crippen molar-refractivity contribution in [2.45, 2.75) is 6.61 Å². The molecule has 0 saturated carbocycles. The van der Waals surface area contributed by atoms with Crippen LogP contribution in [0.25, 0.3) is 10.2 Å². The molecule has 2 aromatic carbocycles. The monoisotopic (exact) mass is 317 g/mol. The predicted molar refractivity (Wildman–Crippen MR) is 81.3 cm³/mol. The van der Waals surface area contributed by atoms with Crippen LogP contribution in [0.4, 0.5) is 4.39 Å². The predicted octanol–water partition coefficient (Wildman–Crippen LogP) is 3.56. The van der Waals surface area contributed by atoms with Crippen LogP contribution in [-0.2, 0) is 16.1 Å². The van der Waals surface area contributed by atoms with Crippen LogP contribution in [0.15, 0.2) is 48.5 Å². The highest BCUT2D eigenvalue weighted by molar-refractivity contribution is 7.18. The van der Waals surface area contributed by atoms with Crippen LogP contribution in [0.3, 0.4) is 0 Å². The molecule has 112 valence electrons. The average Bonchev–Trinajstić information content (AvgIpc) is 2.94. The van der Waals surface area contributed by atoms with Crippen molar-refractivity contribution in [2.75, 3.05) is 6.61 Å². The minimum atomic E-state index is -0.525. The van der Waals surface area contributed by atoms with E-state index in [1.54, 1.807) is 6.07 Å². The SMILES string of the molecule is O=C(COc1cccc(F)c1)OCc1nc2ccccc2s1. The van der Waals surface area contributed by atoms with E-state index in [0.717, 1.165) is 15.2 Å². The van der Waals surface area contributed by atoms with E-state index >= 15 is 0 Å². The van der Waals surface area contributed by atoms with E-state index in [-0.39, 0.29) is 19.0 Å². The van der Waals surface area contributed by atoms with Gasteiger partial charge in [-0.1, -0.05) is 18.2 Å². The molecule has 0 saturated heterocycles. The largest absolute Gasteiger partial charge is 0.482 e. The Morgan fingerprint density at radius 3 is 2.86 bits per heavy atom. The standard InChI is InChI=1S/C16H12FNO3S/c17-11-4-3-5-12(8-11)20-10-16(19)21-9-15-18-13-6-1-2-7-14(13)22-15/h1-8H,9-10H2. The maximum atomic E-state index is 13.0. The molecule has 0 aliphatic heterocycles. The molecule has 0 amide bonds. The van der Waals surface area contributed by atoms with E-state index in [0.29, 0.717) is 0 Å². The molecule has 3 aromatic rings. The first kappa shape index (κ1) is 14.5. The normalized spacial score (nSPS) is 10.6. The zero-order chi connectivity index (χ0) is 15.4. The maximum absolute atomic E-state index is 13.0. The lowest BCUT2D eigenvalue weighted by Crippen LogP contribution is -2.14. The molecule has 6 heteroatoms. The lowest BCUT2D eigenvalue weighted by Gasteiger charge is -2.05. The fourth-order valence-corrected chi connectivity index (χ4v) is 2.75. The van der Waals surface area contributed by atoms with Gasteiger partial charge in [-0.15, -0.1) is 11.3 Å². The second-order valence-corrected chi connectivity index (χ2v) is 5.60. The van der Waals surface area contributed by atoms with Crippen molar-refractivity contribution in [3.63, 3.8) is 0 Å². The summed E-state index contributed by atoms with van der Waals surface area (Å²) in [5.74, 6) is -0.652. The minimum Gasteiger partial charge on any atom is -0.482 e. The summed E-state index contributed by atoms with van der Waals surface area (Å²) in [5, 5.41) is 0.723. The van der Waals surface area contributed by atoms with Crippen LogP contribution in [0.1, 0.15) is 5.01 Å². The molecule has 0 fully saturated rings. The molecule has 0 aliphatic rings. The van der Waals surface area contributed by atoms with Gasteiger partial charge in [0.05, 0.1) is 10.2 Å². The van der Waals surface area contributed by atoms with Crippen LogP contribution < -0.4 is 4.74 Å². The Kier molecular flexibility index (Phi) is 4.29. The van der Waals surface area contributed by atoms with E-state index in [1.165, 1.54) is 29.5 Å². The summed E-state index contributed by atoms with van der Waals surface area (Å²) in [6, 6.07) is 13.3. The lowest BCUT2D eigenvalue weighted by atomic mass is 10.3. The van der Waals surface area contributed by atoms with E-state index in [4.69, 9.17) is 9.47 Å². The van der Waals surface area contributed by atoms with Gasteiger partial charge in [0, 0.05) is 6.07 Å². The highest BCUT2D eigenvalue weighted by Crippen LogP contribution is 2.22. The zero-order valence-corrected chi connectivity index (χ0v) is 12.3. The molecule has 0 unspecified atom stereocenters. The summed E-state index contributed by atoms with van der Waals surface area (Å²) in [4.78, 5) is 16.0. The third kappa shape index (κ3) is 3.59. The molecule has 0 bridgehead atoms. The summed E-state index contributed by atoms with van der Waals surface area (Å²) < 4.78 is 24.3. The van der Waals surface area contributed by atoms with Gasteiger partial charge in [-0.05, 0) is 24.3 Å². The van der Waals surface area contributed by atoms with E-state index in [9.17, 15) is 9.18 Å². The summed E-state index contributed by atoms with van der Waals surface area (Å²) in [7, 11) is 0. The molecule has 1 heterocycles. The summed E-state index contributed by atoms with van der Waals surface area (Å²) in [6.07, 6.45) is 0. The number of thiazole rings is 1. The third-order valence-electron chi connectivity index (χ3n) is 2.85. The van der Waals surface area contributed by atoms with Crippen LogP contribution in [0, 0.1) is 5.82 Å². The van der Waals surface area contributed by atoms with Gasteiger partial charge in [0.15, 0.2) is 6.61 Å². The van der Waals surface area contributed by atoms with Gasteiger partial charge >= 0.3 is 5.97 Å². The van der Waals surface area contributed by atoms with Crippen molar-refractivity contribution in [3.05, 3.63) is 59.4 Å². The Morgan fingerprint density at radius 1 is 1.18 bits per heavy atom. The Hall–Kier alpha value is -2.47. The molecule has 0 atom stereocenters. The van der Waals surface area contributed by atoms with Gasteiger partial charge in [-0.25, -0.2) is 14.2 Å². The van der Waals surface area contributed by atoms with Gasteiger partial charge in [0.25, 0.3) is 0 Å². The molecule has 0 aliphatic carbocycles. The molecule has 22 heavy (non-hydrogen) atoms. The number of hydrogen-bond donors (Lipinski definition) is 0. The maximum Gasteiger partial charge on any atom is 0.344 e. The summed E-state index contributed by atoms with van der Waals surface area (Å²) in [5.41, 5.74) is 0.884. The molecular formula is C16H12FNO3S. The number of rotatable bonds is 5. The number of nitrogens with zero attached hydrogens (tertiary/aromatic N) is 1. The number of fused-ring (bicyclic) bond motifs is 1. The van der Waals surface area contributed by atoms with Crippen molar-refractivity contribution >= 4 is 27.5 Å². The summed E-state index contributed by atoms with van der Waals surface area (Å²) in [6.45, 7) is -0.168. The van der Waals surface area contributed by atoms with Gasteiger partial charge in [0.2, 0.25) is 0 Å². The van der Waals surface area contributed by atoms with Crippen molar-refractivity contribution in [1.29, 1.82) is 0 Å². The fourth-order valence-electron chi connectivity index (χ4n) is 1.86. The van der Waals surface area contributed by atoms with Crippen LogP contribution >= 0.6 is 11.3 Å². The Morgan fingerprint density at radius 2 is 2.05 bits per heavy atom. The number of halogens is 1. The Bertz CT molecular complexity index is 770. The molecular weight excluding hydrogens is 305 g/mol. The van der Waals surface area contributed by atoms with Crippen LogP contribution in [-0.4, -0.2) is 17.6 Å². The van der Waals surface area contributed by atoms with Crippen molar-refractivity contribution in [1.82, 2.24) is 4.98 Å². The van der Waals surface area contributed by atoms with E-state index in [2.05, 4.69) is 4.98 Å². The number of para-hydroxylation sites is 1. The Balaban J connectivity index is 1.51. The number of benzene rings is 2. The van der Waals surface area contributed by atoms with Gasteiger partial charge < -0.3 is 9.47 Å². The topological polar surface area (TPSA) is 48.4 Å². The first-order valence-electron chi connectivity index (χ1n) is 6.59. The van der Waals surface area contributed by atoms with Crippen molar-refractivity contribution < 1.29 is 18.7 Å². The average molecular weight is 317 g/mol. The Labute approximate surface area is 130 Å². The quantitative estimate of drug-likeness (QED) is 0.675. The smallest absolute Gasteiger partial charge is 0.344 e. The van der Waals surface area contributed by atoms with E-state index < -0.39 is 11.8 Å². The molecule has 1 aromatic heterocycles. The van der Waals surface area contributed by atoms with Crippen LogP contribution in [0.5, 0.6) is 5.75 Å². The second kappa shape index (κ2) is 6.53. The highest BCUT2D eigenvalue weighted by Gasteiger charge is 2.08. The number of hydrogen-bond acceptors (Lipinski definition) is 5. The molecule has 0 N–H and O–H groups in total. The molecule has 4 nitrogen and oxygen atoms in total. The molecule has 3 rings (SSSR count). The minimum absolute atomic E-state index is 0.102. The van der Waals surface area contributed by atoms with Gasteiger partial charge in [0.1, 0.15) is 23.2 Å². The first-order chi connectivity index (χ1) is 10.7. The number of carbonyl (C=O) groups excluding carboxylic acids is 1.